The summed E-state index contributed by atoms with van der Waals surface area (Å²) in [5.41, 5.74) is 9.62. The van der Waals surface area contributed by atoms with Gasteiger partial charge in [-0.25, -0.2) is 0 Å². The van der Waals surface area contributed by atoms with Crippen LogP contribution in [0.25, 0.3) is 0 Å². The molecule has 3 N–H and O–H groups in total. The van der Waals surface area contributed by atoms with E-state index in [-0.39, 0.29) is 0 Å². The van der Waals surface area contributed by atoms with Crippen molar-refractivity contribution in [3.8, 4) is 0 Å². The molecule has 1 aromatic rings. The summed E-state index contributed by atoms with van der Waals surface area (Å²) in [6.07, 6.45) is 3.58. The second kappa shape index (κ2) is 6.59. The third-order valence-electron chi connectivity index (χ3n) is 4.32. The molecule has 0 fully saturated rings. The summed E-state index contributed by atoms with van der Waals surface area (Å²) in [5, 5.41) is 3.76. The van der Waals surface area contributed by atoms with Crippen molar-refractivity contribution in [1.29, 1.82) is 0 Å². The molecule has 3 nitrogen and oxygen atoms in total. The van der Waals surface area contributed by atoms with Gasteiger partial charge in [0.05, 0.1) is 0 Å². The number of nitrogens with one attached hydrogen (secondary N) is 1. The standard InChI is InChI=1S/C17H29N3/c1-12(2)9-15(20(3)4)11-19-17-8-5-13-10-14(18)6-7-16(13)17/h6-7,10,12,15,17,19H,5,8-9,11,18H2,1-4H3. The third kappa shape index (κ3) is 3.74. The first-order valence-electron chi connectivity index (χ1n) is 7.75. The number of rotatable bonds is 6. The van der Waals surface area contributed by atoms with Crippen molar-refractivity contribution in [3.63, 3.8) is 0 Å². The SMILES string of the molecule is CC(C)CC(CNC1CCc2cc(N)ccc21)N(C)C. The van der Waals surface area contributed by atoms with Gasteiger partial charge in [-0.3, -0.25) is 0 Å². The highest BCUT2D eigenvalue weighted by atomic mass is 15.1. The van der Waals surface area contributed by atoms with E-state index in [9.17, 15) is 0 Å². The summed E-state index contributed by atoms with van der Waals surface area (Å²) in [5.74, 6) is 0.736. The lowest BCUT2D eigenvalue weighted by Crippen LogP contribution is -2.39. The first-order valence-corrected chi connectivity index (χ1v) is 7.75. The molecule has 2 atom stereocenters. The van der Waals surface area contributed by atoms with E-state index < -0.39 is 0 Å². The van der Waals surface area contributed by atoms with Gasteiger partial charge in [0.25, 0.3) is 0 Å². The Balaban J connectivity index is 1.95. The number of likely N-dealkylation sites (N-methyl/N-ethyl adjacent to an activating group) is 1. The van der Waals surface area contributed by atoms with Crippen LogP contribution in [-0.4, -0.2) is 31.6 Å². The Bertz CT molecular complexity index is 440. The molecule has 1 aliphatic rings. The van der Waals surface area contributed by atoms with Crippen LogP contribution in [-0.2, 0) is 6.42 Å². The molecule has 1 aromatic carbocycles. The Morgan fingerprint density at radius 3 is 2.75 bits per heavy atom. The van der Waals surface area contributed by atoms with Gasteiger partial charge >= 0.3 is 0 Å². The van der Waals surface area contributed by atoms with E-state index in [1.807, 2.05) is 6.07 Å². The second-order valence-corrected chi connectivity index (χ2v) is 6.70. The zero-order valence-corrected chi connectivity index (χ0v) is 13.3. The van der Waals surface area contributed by atoms with Crippen LogP contribution in [0.2, 0.25) is 0 Å². The van der Waals surface area contributed by atoms with Gasteiger partial charge in [-0.05, 0) is 62.5 Å². The molecule has 0 spiro atoms. The lowest BCUT2D eigenvalue weighted by molar-refractivity contribution is 0.240. The van der Waals surface area contributed by atoms with Crippen molar-refractivity contribution in [2.45, 2.75) is 45.2 Å². The van der Waals surface area contributed by atoms with Crippen LogP contribution in [0.4, 0.5) is 5.69 Å². The highest BCUT2D eigenvalue weighted by Crippen LogP contribution is 2.32. The van der Waals surface area contributed by atoms with Gasteiger partial charge in [0.15, 0.2) is 0 Å². The lowest BCUT2D eigenvalue weighted by atomic mass is 10.0. The zero-order chi connectivity index (χ0) is 14.7. The van der Waals surface area contributed by atoms with Gasteiger partial charge in [0, 0.05) is 24.3 Å². The highest BCUT2D eigenvalue weighted by Gasteiger charge is 2.23. The molecule has 1 aliphatic carbocycles. The van der Waals surface area contributed by atoms with Gasteiger partial charge in [0.2, 0.25) is 0 Å². The number of hydrogen-bond donors (Lipinski definition) is 2. The normalized spacial score (nSPS) is 19.6. The quantitative estimate of drug-likeness (QED) is 0.784. The van der Waals surface area contributed by atoms with E-state index in [4.69, 9.17) is 5.73 Å². The first-order chi connectivity index (χ1) is 9.47. The summed E-state index contributed by atoms with van der Waals surface area (Å²) < 4.78 is 0. The Hall–Kier alpha value is -1.06. The predicted molar refractivity (Wildman–Crippen MR) is 86.8 cm³/mol. The largest absolute Gasteiger partial charge is 0.399 e. The van der Waals surface area contributed by atoms with Gasteiger partial charge in [-0.15, -0.1) is 0 Å². The maximum atomic E-state index is 5.87. The summed E-state index contributed by atoms with van der Waals surface area (Å²) in [7, 11) is 4.36. The van der Waals surface area contributed by atoms with Crippen molar-refractivity contribution < 1.29 is 0 Å². The van der Waals surface area contributed by atoms with Crippen molar-refractivity contribution in [3.05, 3.63) is 29.3 Å². The van der Waals surface area contributed by atoms with Crippen LogP contribution >= 0.6 is 0 Å². The van der Waals surface area contributed by atoms with E-state index in [0.29, 0.717) is 12.1 Å². The fourth-order valence-corrected chi connectivity index (χ4v) is 3.15. The predicted octanol–water partition coefficient (Wildman–Crippen LogP) is 2.82. The molecule has 112 valence electrons. The minimum atomic E-state index is 0.500. The van der Waals surface area contributed by atoms with Crippen LogP contribution in [0.15, 0.2) is 18.2 Å². The molecule has 0 aliphatic heterocycles. The van der Waals surface area contributed by atoms with Crippen molar-refractivity contribution in [1.82, 2.24) is 10.2 Å². The molecule has 20 heavy (non-hydrogen) atoms. The van der Waals surface area contributed by atoms with Gasteiger partial charge < -0.3 is 16.0 Å². The number of fused-ring (bicyclic) bond motifs is 1. The average Bonchev–Trinajstić information content (AvgIpc) is 2.76. The molecule has 0 bridgehead atoms. The van der Waals surface area contributed by atoms with Crippen LogP contribution in [0.5, 0.6) is 0 Å². The van der Waals surface area contributed by atoms with Gasteiger partial charge in [-0.1, -0.05) is 19.9 Å². The maximum absolute atomic E-state index is 5.87. The maximum Gasteiger partial charge on any atom is 0.0326 e. The number of hydrogen-bond acceptors (Lipinski definition) is 3. The monoisotopic (exact) mass is 275 g/mol. The van der Waals surface area contributed by atoms with Crippen LogP contribution in [0.1, 0.15) is 43.9 Å². The first kappa shape index (κ1) is 15.3. The molecule has 3 heteroatoms. The van der Waals surface area contributed by atoms with Gasteiger partial charge in [0.1, 0.15) is 0 Å². The Morgan fingerprint density at radius 1 is 1.35 bits per heavy atom. The number of nitrogen functional groups attached to an aromatic ring is 1. The topological polar surface area (TPSA) is 41.3 Å². The molecule has 0 amide bonds. The molecular formula is C17H29N3. The molecule has 2 unspecified atom stereocenters. The Morgan fingerprint density at radius 2 is 2.10 bits per heavy atom. The summed E-state index contributed by atoms with van der Waals surface area (Å²) in [4.78, 5) is 2.34. The smallest absolute Gasteiger partial charge is 0.0326 e. The van der Waals surface area contributed by atoms with E-state index in [1.165, 1.54) is 24.0 Å². The minimum absolute atomic E-state index is 0.500. The van der Waals surface area contributed by atoms with Crippen LogP contribution in [0.3, 0.4) is 0 Å². The number of nitrogens with two attached hydrogens (primary N) is 1. The van der Waals surface area contributed by atoms with Crippen molar-refractivity contribution >= 4 is 5.69 Å². The van der Waals surface area contributed by atoms with Gasteiger partial charge in [-0.2, -0.15) is 0 Å². The molecular weight excluding hydrogens is 246 g/mol. The molecule has 0 radical (unpaired) electrons. The second-order valence-electron chi connectivity index (χ2n) is 6.70. The lowest BCUT2D eigenvalue weighted by Gasteiger charge is -2.28. The number of nitrogens with zero attached hydrogens (tertiary/aromatic N) is 1. The van der Waals surface area contributed by atoms with E-state index in [2.05, 4.69) is 50.3 Å². The molecule has 2 rings (SSSR count). The summed E-state index contributed by atoms with van der Waals surface area (Å²) in [6.45, 7) is 5.65. The molecule has 0 aromatic heterocycles. The number of aryl methyl sites for hydroxylation is 1. The molecule has 0 heterocycles. The van der Waals surface area contributed by atoms with Crippen LogP contribution < -0.4 is 11.1 Å². The van der Waals surface area contributed by atoms with E-state index in [1.54, 1.807) is 0 Å². The van der Waals surface area contributed by atoms with Crippen molar-refractivity contribution in [2.24, 2.45) is 5.92 Å². The fourth-order valence-electron chi connectivity index (χ4n) is 3.15. The number of benzene rings is 1. The van der Waals surface area contributed by atoms with E-state index in [0.717, 1.165) is 24.6 Å². The third-order valence-corrected chi connectivity index (χ3v) is 4.32. The Kier molecular flexibility index (Phi) is 5.06. The van der Waals surface area contributed by atoms with Crippen molar-refractivity contribution in [2.75, 3.05) is 26.4 Å². The Labute approximate surface area is 123 Å². The summed E-state index contributed by atoms with van der Waals surface area (Å²) in [6, 6.07) is 7.46. The van der Waals surface area contributed by atoms with E-state index >= 15 is 0 Å². The zero-order valence-electron chi connectivity index (χ0n) is 13.3. The molecule has 0 saturated carbocycles. The molecule has 0 saturated heterocycles. The minimum Gasteiger partial charge on any atom is -0.399 e. The summed E-state index contributed by atoms with van der Waals surface area (Å²) >= 11 is 0. The fraction of sp³-hybridized carbons (Fsp3) is 0.647. The number of anilines is 1. The van der Waals surface area contributed by atoms with Crippen LogP contribution in [0, 0.1) is 5.92 Å². The highest BCUT2D eigenvalue weighted by molar-refractivity contribution is 5.47. The average molecular weight is 275 g/mol.